The third kappa shape index (κ3) is 2.97. The lowest BCUT2D eigenvalue weighted by Crippen LogP contribution is -2.54. The predicted octanol–water partition coefficient (Wildman–Crippen LogP) is 1.10. The fourth-order valence-corrected chi connectivity index (χ4v) is 2.66. The van der Waals surface area contributed by atoms with Gasteiger partial charge in [-0.1, -0.05) is 20.8 Å². The lowest BCUT2D eigenvalue weighted by Gasteiger charge is -2.39. The Labute approximate surface area is 114 Å². The van der Waals surface area contributed by atoms with E-state index >= 15 is 0 Å². The highest BCUT2D eigenvalue weighted by molar-refractivity contribution is 5.95. The van der Waals surface area contributed by atoms with Gasteiger partial charge in [0, 0.05) is 25.8 Å². The molecule has 0 aromatic carbocycles. The van der Waals surface area contributed by atoms with Gasteiger partial charge in [0.2, 0.25) is 0 Å². The number of nitrogens with one attached hydrogen (secondary N) is 2. The molecule has 0 aliphatic carbocycles. The van der Waals surface area contributed by atoms with Crippen LogP contribution in [0.4, 0.5) is 0 Å². The van der Waals surface area contributed by atoms with Crippen molar-refractivity contribution < 1.29 is 4.79 Å². The molecule has 1 fully saturated rings. The van der Waals surface area contributed by atoms with Crippen molar-refractivity contribution in [2.45, 2.75) is 39.7 Å². The van der Waals surface area contributed by atoms with Crippen molar-refractivity contribution in [3.8, 4) is 0 Å². The molecular formula is C14H24N4O. The zero-order valence-corrected chi connectivity index (χ0v) is 12.3. The van der Waals surface area contributed by atoms with Crippen molar-refractivity contribution in [3.05, 3.63) is 17.5 Å². The van der Waals surface area contributed by atoms with Crippen LogP contribution in [0.1, 0.15) is 43.2 Å². The first kappa shape index (κ1) is 14.1. The number of carbonyl (C=O) groups is 1. The fourth-order valence-electron chi connectivity index (χ4n) is 2.66. The van der Waals surface area contributed by atoms with Crippen LogP contribution < -0.4 is 10.6 Å². The third-order valence-electron chi connectivity index (χ3n) is 3.92. The fraction of sp³-hybridized carbons (Fsp3) is 0.714. The molecule has 2 N–H and O–H groups in total. The molecule has 5 heteroatoms. The van der Waals surface area contributed by atoms with Crippen molar-refractivity contribution in [1.29, 1.82) is 0 Å². The van der Waals surface area contributed by atoms with E-state index in [2.05, 4.69) is 29.6 Å². The van der Waals surface area contributed by atoms with E-state index in [0.717, 1.165) is 31.6 Å². The van der Waals surface area contributed by atoms with Gasteiger partial charge in [0.1, 0.15) is 0 Å². The van der Waals surface area contributed by atoms with E-state index in [9.17, 15) is 4.79 Å². The Kier molecular flexibility index (Phi) is 3.94. The van der Waals surface area contributed by atoms with E-state index in [1.807, 2.05) is 20.2 Å². The monoisotopic (exact) mass is 264 g/mol. The molecule has 1 aliphatic rings. The van der Waals surface area contributed by atoms with Crippen LogP contribution in [0.3, 0.4) is 0 Å². The first-order chi connectivity index (χ1) is 8.94. The largest absolute Gasteiger partial charge is 0.349 e. The molecule has 1 saturated heterocycles. The van der Waals surface area contributed by atoms with Crippen molar-refractivity contribution in [2.24, 2.45) is 12.5 Å². The van der Waals surface area contributed by atoms with Gasteiger partial charge in [-0.25, -0.2) is 0 Å². The van der Waals surface area contributed by atoms with E-state index in [0.29, 0.717) is 5.56 Å². The van der Waals surface area contributed by atoms with Gasteiger partial charge in [-0.2, -0.15) is 5.10 Å². The molecule has 1 amide bonds. The van der Waals surface area contributed by atoms with Crippen LogP contribution in [-0.4, -0.2) is 34.8 Å². The van der Waals surface area contributed by atoms with Crippen LogP contribution in [0.5, 0.6) is 0 Å². The average molecular weight is 264 g/mol. The van der Waals surface area contributed by atoms with Crippen LogP contribution in [0.2, 0.25) is 0 Å². The van der Waals surface area contributed by atoms with Gasteiger partial charge >= 0.3 is 0 Å². The SMILES string of the molecule is CCc1nn(C)cc1C(=O)NC1CCNCC1(C)C. The third-order valence-corrected chi connectivity index (χ3v) is 3.92. The molecule has 19 heavy (non-hydrogen) atoms. The number of hydrogen-bond donors (Lipinski definition) is 2. The summed E-state index contributed by atoms with van der Waals surface area (Å²) in [5.74, 6) is 0.00456. The molecule has 0 radical (unpaired) electrons. The predicted molar refractivity (Wildman–Crippen MR) is 75.1 cm³/mol. The summed E-state index contributed by atoms with van der Waals surface area (Å²) in [6, 6.07) is 0.214. The number of aromatic nitrogens is 2. The molecule has 1 unspecified atom stereocenters. The Balaban J connectivity index is 2.12. The second-order valence-electron chi connectivity index (χ2n) is 6.00. The summed E-state index contributed by atoms with van der Waals surface area (Å²) in [7, 11) is 1.85. The molecule has 0 bridgehead atoms. The number of hydrogen-bond acceptors (Lipinski definition) is 3. The first-order valence-electron chi connectivity index (χ1n) is 6.98. The normalized spacial score (nSPS) is 22.2. The molecule has 0 spiro atoms. The van der Waals surface area contributed by atoms with Crippen molar-refractivity contribution in [1.82, 2.24) is 20.4 Å². The van der Waals surface area contributed by atoms with E-state index in [-0.39, 0.29) is 17.4 Å². The van der Waals surface area contributed by atoms with Crippen molar-refractivity contribution >= 4 is 5.91 Å². The summed E-state index contributed by atoms with van der Waals surface area (Å²) in [6.45, 7) is 8.30. The zero-order chi connectivity index (χ0) is 14.0. The van der Waals surface area contributed by atoms with Crippen LogP contribution >= 0.6 is 0 Å². The quantitative estimate of drug-likeness (QED) is 0.859. The lowest BCUT2D eigenvalue weighted by atomic mass is 9.80. The van der Waals surface area contributed by atoms with Gasteiger partial charge in [-0.15, -0.1) is 0 Å². The second kappa shape index (κ2) is 5.33. The molecule has 1 aromatic heterocycles. The Bertz CT molecular complexity index is 464. The minimum Gasteiger partial charge on any atom is -0.349 e. The first-order valence-corrected chi connectivity index (χ1v) is 6.98. The summed E-state index contributed by atoms with van der Waals surface area (Å²) in [5, 5.41) is 10.9. The lowest BCUT2D eigenvalue weighted by molar-refractivity contribution is 0.0867. The number of rotatable bonds is 3. The Morgan fingerprint density at radius 2 is 2.37 bits per heavy atom. The van der Waals surface area contributed by atoms with E-state index < -0.39 is 0 Å². The van der Waals surface area contributed by atoms with Crippen molar-refractivity contribution in [3.63, 3.8) is 0 Å². The van der Waals surface area contributed by atoms with Gasteiger partial charge < -0.3 is 10.6 Å². The summed E-state index contributed by atoms with van der Waals surface area (Å²) >= 11 is 0. The van der Waals surface area contributed by atoms with Gasteiger partial charge in [0.15, 0.2) is 0 Å². The van der Waals surface area contributed by atoms with Crippen LogP contribution in [0.15, 0.2) is 6.20 Å². The molecule has 1 aliphatic heterocycles. The maximum Gasteiger partial charge on any atom is 0.254 e. The topological polar surface area (TPSA) is 59.0 Å². The Morgan fingerprint density at radius 1 is 1.63 bits per heavy atom. The van der Waals surface area contributed by atoms with Gasteiger partial charge in [0.25, 0.3) is 5.91 Å². The van der Waals surface area contributed by atoms with E-state index in [4.69, 9.17) is 0 Å². The number of aryl methyl sites for hydroxylation is 2. The zero-order valence-electron chi connectivity index (χ0n) is 12.3. The summed E-state index contributed by atoms with van der Waals surface area (Å²) in [4.78, 5) is 12.4. The maximum atomic E-state index is 12.4. The highest BCUT2D eigenvalue weighted by atomic mass is 16.1. The Hall–Kier alpha value is -1.36. The maximum absolute atomic E-state index is 12.4. The number of nitrogens with zero attached hydrogens (tertiary/aromatic N) is 2. The van der Waals surface area contributed by atoms with E-state index in [1.165, 1.54) is 0 Å². The standard InChI is InChI=1S/C14H24N4O/c1-5-11-10(8-18(4)17-11)13(19)16-12-6-7-15-9-14(12,2)3/h8,12,15H,5-7,9H2,1-4H3,(H,16,19). The van der Waals surface area contributed by atoms with Crippen LogP contribution in [-0.2, 0) is 13.5 Å². The molecule has 2 rings (SSSR count). The smallest absolute Gasteiger partial charge is 0.254 e. The molecule has 0 saturated carbocycles. The van der Waals surface area contributed by atoms with Crippen LogP contribution in [0.25, 0.3) is 0 Å². The van der Waals surface area contributed by atoms with E-state index in [1.54, 1.807) is 4.68 Å². The molecule has 5 nitrogen and oxygen atoms in total. The van der Waals surface area contributed by atoms with Crippen LogP contribution in [0, 0.1) is 5.41 Å². The van der Waals surface area contributed by atoms with Gasteiger partial charge in [-0.3, -0.25) is 9.48 Å². The molecule has 1 aromatic rings. The molecule has 106 valence electrons. The second-order valence-corrected chi connectivity index (χ2v) is 6.00. The summed E-state index contributed by atoms with van der Waals surface area (Å²) in [6.07, 6.45) is 3.56. The Morgan fingerprint density at radius 3 is 3.00 bits per heavy atom. The minimum absolute atomic E-state index is 0.00456. The molecule has 1 atom stereocenters. The van der Waals surface area contributed by atoms with Crippen molar-refractivity contribution in [2.75, 3.05) is 13.1 Å². The number of amides is 1. The summed E-state index contributed by atoms with van der Waals surface area (Å²) in [5.41, 5.74) is 1.66. The number of piperidine rings is 1. The highest BCUT2D eigenvalue weighted by Gasteiger charge is 2.33. The molecule has 2 heterocycles. The van der Waals surface area contributed by atoms with Gasteiger partial charge in [0.05, 0.1) is 11.3 Å². The number of carbonyl (C=O) groups excluding carboxylic acids is 1. The average Bonchev–Trinajstić information content (AvgIpc) is 2.73. The van der Waals surface area contributed by atoms with Gasteiger partial charge in [-0.05, 0) is 24.8 Å². The summed E-state index contributed by atoms with van der Waals surface area (Å²) < 4.78 is 1.71. The minimum atomic E-state index is 0.00456. The molecular weight excluding hydrogens is 240 g/mol. The highest BCUT2D eigenvalue weighted by Crippen LogP contribution is 2.25.